The molecule has 4 N–H and O–H groups in total. The molecular formula is C29H29F2N5O5. The summed E-state index contributed by atoms with van der Waals surface area (Å²) in [4.78, 5) is 22.1. The summed E-state index contributed by atoms with van der Waals surface area (Å²) in [5.41, 5.74) is 2.33. The predicted octanol–water partition coefficient (Wildman–Crippen LogP) is 2.52. The number of alkyl halides is 2. The highest BCUT2D eigenvalue weighted by molar-refractivity contribution is 5.95. The molecule has 0 bridgehead atoms. The second-order valence-electron chi connectivity index (χ2n) is 10.3. The van der Waals surface area contributed by atoms with Gasteiger partial charge in [0, 0.05) is 37.5 Å². The molecule has 1 aliphatic heterocycles. The largest absolute Gasteiger partial charge is 0.483 e. The van der Waals surface area contributed by atoms with Gasteiger partial charge in [-0.05, 0) is 59.4 Å². The first-order chi connectivity index (χ1) is 19.7. The fraction of sp³-hybridized carbons (Fsp3) is 0.379. The van der Waals surface area contributed by atoms with E-state index in [-0.39, 0.29) is 42.0 Å². The molecule has 1 saturated heterocycles. The number of piperidine rings is 1. The Bertz CT molecular complexity index is 1440. The number of aliphatic hydroxyl groups is 3. The van der Waals surface area contributed by atoms with Gasteiger partial charge in [0.25, 0.3) is 5.92 Å². The number of aliphatic hydroxyl groups excluding tert-OH is 3. The molecule has 0 radical (unpaired) electrons. The third-order valence-corrected chi connectivity index (χ3v) is 7.42. The molecule has 0 spiro atoms. The minimum atomic E-state index is -3.39. The lowest BCUT2D eigenvalue weighted by Crippen LogP contribution is -2.59. The van der Waals surface area contributed by atoms with Crippen LogP contribution >= 0.6 is 0 Å². The maximum Gasteiger partial charge on any atom is 0.296 e. The van der Waals surface area contributed by atoms with Gasteiger partial charge in [-0.1, -0.05) is 12.1 Å². The van der Waals surface area contributed by atoms with Crippen LogP contribution in [0.5, 0.6) is 5.75 Å². The van der Waals surface area contributed by atoms with Crippen LogP contribution in [0.3, 0.4) is 0 Å². The van der Waals surface area contributed by atoms with E-state index in [2.05, 4.69) is 15.3 Å². The van der Waals surface area contributed by atoms with Crippen molar-refractivity contribution < 1.29 is 33.6 Å². The van der Waals surface area contributed by atoms with E-state index in [9.17, 15) is 29.1 Å². The van der Waals surface area contributed by atoms with E-state index >= 15 is 0 Å². The van der Waals surface area contributed by atoms with Crippen molar-refractivity contribution in [1.82, 2.24) is 14.9 Å². The zero-order valence-corrected chi connectivity index (χ0v) is 21.9. The molecule has 1 aliphatic carbocycles. The first-order valence-electron chi connectivity index (χ1n) is 13.2. The molecule has 10 nitrogen and oxygen atoms in total. The third kappa shape index (κ3) is 6.34. The van der Waals surface area contributed by atoms with Gasteiger partial charge in [-0.15, -0.1) is 0 Å². The lowest BCUT2D eigenvalue weighted by molar-refractivity contribution is -0.186. The van der Waals surface area contributed by atoms with Crippen LogP contribution < -0.4 is 10.1 Å². The van der Waals surface area contributed by atoms with Crippen molar-refractivity contribution in [3.63, 3.8) is 0 Å². The Morgan fingerprint density at radius 2 is 2.02 bits per heavy atom. The summed E-state index contributed by atoms with van der Waals surface area (Å²) >= 11 is 0. The van der Waals surface area contributed by atoms with E-state index in [1.807, 2.05) is 18.2 Å². The molecule has 2 fully saturated rings. The molecule has 1 saturated carbocycles. The number of halogens is 2. The number of anilines is 1. The highest BCUT2D eigenvalue weighted by atomic mass is 19.3. The van der Waals surface area contributed by atoms with E-state index < -0.39 is 37.5 Å². The Balaban J connectivity index is 1.25. The van der Waals surface area contributed by atoms with Gasteiger partial charge < -0.3 is 25.4 Å². The van der Waals surface area contributed by atoms with Gasteiger partial charge in [0.1, 0.15) is 30.0 Å². The molecule has 214 valence electrons. The monoisotopic (exact) mass is 565 g/mol. The standard InChI is InChI=1S/C29H29F2N5O5/c30-29(31)16-36(28(40)23(38)15-37)9-6-25(29)41-24-4-3-17(10-20(24)13-32)18-5-8-34-26(11-18)35-27(39)22-12-21(22)19-2-1-7-33-14-19/h1-5,7-8,10-11,14,21-23,25,28,37-38,40H,6,9,12,15-16H2,(H,34,35,39)/t21-,22+,23+,25?,28?/m1/s1. The van der Waals surface area contributed by atoms with Crippen molar-refractivity contribution in [2.75, 3.05) is 25.0 Å². The SMILES string of the molecule is N#Cc1cc(-c2ccnc(NC(=O)[C@H]3C[C@@H]3c3cccnc3)c2)ccc1OC1CCN(C(O)[C@@H](O)CO)CC1(F)F. The van der Waals surface area contributed by atoms with Crippen molar-refractivity contribution in [3.05, 3.63) is 72.2 Å². The molecule has 41 heavy (non-hydrogen) atoms. The summed E-state index contributed by atoms with van der Waals surface area (Å²) in [5.74, 6) is -3.24. The van der Waals surface area contributed by atoms with Gasteiger partial charge in [-0.3, -0.25) is 14.7 Å². The summed E-state index contributed by atoms with van der Waals surface area (Å²) < 4.78 is 35.4. The number of aromatic nitrogens is 2. The number of likely N-dealkylation sites (tertiary alicyclic amines) is 1. The van der Waals surface area contributed by atoms with Crippen LogP contribution in [-0.2, 0) is 4.79 Å². The number of ether oxygens (including phenoxy) is 1. The predicted molar refractivity (Wildman–Crippen MR) is 143 cm³/mol. The number of nitriles is 1. The van der Waals surface area contributed by atoms with Gasteiger partial charge in [0.05, 0.1) is 18.7 Å². The number of carbonyl (C=O) groups excluding carboxylic acids is 1. The topological polar surface area (TPSA) is 152 Å². The Labute approximate surface area is 234 Å². The number of pyridine rings is 2. The molecule has 1 aromatic carbocycles. The number of nitrogens with zero attached hydrogens (tertiary/aromatic N) is 4. The fourth-order valence-corrected chi connectivity index (χ4v) is 5.05. The summed E-state index contributed by atoms with van der Waals surface area (Å²) in [6.07, 6.45) is 0.766. The summed E-state index contributed by atoms with van der Waals surface area (Å²) in [6.45, 7) is -1.65. The molecule has 2 unspecified atom stereocenters. The van der Waals surface area contributed by atoms with Crippen molar-refractivity contribution >= 4 is 11.7 Å². The summed E-state index contributed by atoms with van der Waals surface area (Å²) in [6, 6.07) is 13.8. The van der Waals surface area contributed by atoms with Crippen LogP contribution in [0.15, 0.2) is 61.1 Å². The summed E-state index contributed by atoms with van der Waals surface area (Å²) in [7, 11) is 0. The quantitative estimate of drug-likeness (QED) is 0.307. The highest BCUT2D eigenvalue weighted by Gasteiger charge is 2.48. The minimum Gasteiger partial charge on any atom is -0.483 e. The number of benzene rings is 1. The first kappa shape index (κ1) is 28.5. The number of nitrogens with one attached hydrogen (secondary N) is 1. The second-order valence-corrected chi connectivity index (χ2v) is 10.3. The van der Waals surface area contributed by atoms with Crippen molar-refractivity contribution in [1.29, 1.82) is 5.26 Å². The molecule has 3 heterocycles. The molecule has 5 atom stereocenters. The lowest BCUT2D eigenvalue weighted by atomic mass is 10.0. The van der Waals surface area contributed by atoms with E-state index in [1.165, 1.54) is 18.3 Å². The molecule has 5 rings (SSSR count). The zero-order chi connectivity index (χ0) is 29.1. The smallest absolute Gasteiger partial charge is 0.296 e. The zero-order valence-electron chi connectivity index (χ0n) is 21.9. The van der Waals surface area contributed by atoms with Crippen LogP contribution in [-0.4, -0.2) is 80.1 Å². The van der Waals surface area contributed by atoms with Gasteiger partial charge in [0.2, 0.25) is 5.91 Å². The molecule has 2 aliphatic rings. The number of carbonyl (C=O) groups is 1. The molecule has 3 aromatic rings. The van der Waals surface area contributed by atoms with E-state index in [0.717, 1.165) is 16.9 Å². The van der Waals surface area contributed by atoms with Crippen molar-refractivity contribution in [2.45, 2.75) is 43.1 Å². The average Bonchev–Trinajstić information content (AvgIpc) is 3.79. The molecule has 1 amide bonds. The van der Waals surface area contributed by atoms with Crippen LogP contribution in [0.2, 0.25) is 0 Å². The van der Waals surface area contributed by atoms with Crippen molar-refractivity contribution in [3.8, 4) is 22.9 Å². The Morgan fingerprint density at radius 3 is 2.73 bits per heavy atom. The van der Waals surface area contributed by atoms with Crippen LogP contribution in [0.4, 0.5) is 14.6 Å². The number of hydrogen-bond donors (Lipinski definition) is 4. The van der Waals surface area contributed by atoms with Gasteiger partial charge in [-0.25, -0.2) is 13.8 Å². The van der Waals surface area contributed by atoms with Crippen LogP contribution in [0, 0.1) is 17.2 Å². The lowest BCUT2D eigenvalue weighted by Gasteiger charge is -2.41. The maximum atomic E-state index is 14.9. The second kappa shape index (κ2) is 11.8. The Hall–Kier alpha value is -4.02. The van der Waals surface area contributed by atoms with Crippen LogP contribution in [0.1, 0.15) is 29.9 Å². The van der Waals surface area contributed by atoms with Crippen molar-refractivity contribution in [2.24, 2.45) is 5.92 Å². The summed E-state index contributed by atoms with van der Waals surface area (Å²) in [5, 5.41) is 41.2. The van der Waals surface area contributed by atoms with Gasteiger partial charge >= 0.3 is 0 Å². The van der Waals surface area contributed by atoms with Gasteiger partial charge in [0.15, 0.2) is 6.10 Å². The highest BCUT2D eigenvalue weighted by Crippen LogP contribution is 2.47. The number of amides is 1. The van der Waals surface area contributed by atoms with E-state index in [4.69, 9.17) is 9.84 Å². The molecule has 2 aromatic heterocycles. The number of rotatable bonds is 9. The molecule has 12 heteroatoms. The van der Waals surface area contributed by atoms with E-state index in [0.29, 0.717) is 16.9 Å². The average molecular weight is 566 g/mol. The Kier molecular flexibility index (Phi) is 8.23. The Morgan fingerprint density at radius 1 is 1.22 bits per heavy atom. The minimum absolute atomic E-state index is 0.00614. The number of hydrogen-bond acceptors (Lipinski definition) is 9. The van der Waals surface area contributed by atoms with Crippen LogP contribution in [0.25, 0.3) is 11.1 Å². The third-order valence-electron chi connectivity index (χ3n) is 7.42. The normalized spacial score (nSPS) is 23.2. The van der Waals surface area contributed by atoms with Gasteiger partial charge in [-0.2, -0.15) is 5.26 Å². The molecular weight excluding hydrogens is 536 g/mol. The first-order valence-corrected chi connectivity index (χ1v) is 13.2. The van der Waals surface area contributed by atoms with E-state index in [1.54, 1.807) is 30.6 Å². The fourth-order valence-electron chi connectivity index (χ4n) is 5.05. The maximum absolute atomic E-state index is 14.9.